The number of likely N-dealkylation sites (tertiary alicyclic amines) is 1. The van der Waals surface area contributed by atoms with Crippen LogP contribution in [-0.2, 0) is 0 Å². The number of benzene rings is 1. The maximum Gasteiger partial charge on any atom is 0.276 e. The highest BCUT2D eigenvalue weighted by molar-refractivity contribution is 5.92. The average Bonchev–Trinajstić information content (AvgIpc) is 3.34. The Bertz CT molecular complexity index is 691. The molecule has 0 bridgehead atoms. The monoisotopic (exact) mass is 361 g/mol. The first-order chi connectivity index (χ1) is 11.8. The van der Waals surface area contributed by atoms with E-state index in [1.807, 2.05) is 35.2 Å². The molecule has 25 heavy (non-hydrogen) atoms. The summed E-state index contributed by atoms with van der Waals surface area (Å²) in [5, 5.41) is 12.2. The summed E-state index contributed by atoms with van der Waals surface area (Å²) in [5.74, 6) is 0.701. The van der Waals surface area contributed by atoms with Gasteiger partial charge in [0.2, 0.25) is 0 Å². The van der Waals surface area contributed by atoms with Gasteiger partial charge in [0.1, 0.15) is 0 Å². The van der Waals surface area contributed by atoms with Gasteiger partial charge in [-0.1, -0.05) is 18.2 Å². The second-order valence-corrected chi connectivity index (χ2v) is 6.69. The van der Waals surface area contributed by atoms with Crippen LogP contribution >= 0.6 is 12.4 Å². The van der Waals surface area contributed by atoms with Gasteiger partial charge in [-0.05, 0) is 50.3 Å². The molecule has 2 fully saturated rings. The number of carbonyl (C=O) groups excluding carboxylic acids is 1. The summed E-state index contributed by atoms with van der Waals surface area (Å²) in [6.45, 7) is 2.78. The molecular weight excluding hydrogens is 338 g/mol. The lowest BCUT2D eigenvalue weighted by molar-refractivity contribution is 0.0668. The first-order valence-corrected chi connectivity index (χ1v) is 8.82. The summed E-state index contributed by atoms with van der Waals surface area (Å²) in [5.41, 5.74) is 1.29. The van der Waals surface area contributed by atoms with Crippen molar-refractivity contribution in [2.24, 2.45) is 5.92 Å². The van der Waals surface area contributed by atoms with E-state index in [0.29, 0.717) is 17.7 Å². The molecule has 7 heteroatoms. The summed E-state index contributed by atoms with van der Waals surface area (Å²) in [7, 11) is 0. The molecule has 0 spiro atoms. The van der Waals surface area contributed by atoms with Crippen LogP contribution in [0.15, 0.2) is 36.5 Å². The number of nitrogens with one attached hydrogen (secondary N) is 1. The van der Waals surface area contributed by atoms with Crippen LogP contribution in [0.3, 0.4) is 0 Å². The van der Waals surface area contributed by atoms with Gasteiger partial charge in [0.05, 0.1) is 11.9 Å². The molecule has 1 unspecified atom stereocenters. The van der Waals surface area contributed by atoms with Gasteiger partial charge >= 0.3 is 0 Å². The van der Waals surface area contributed by atoms with Gasteiger partial charge in [-0.2, -0.15) is 9.90 Å². The standard InChI is InChI=1S/C18H23N5O.ClH/c24-18(17-13-20-23(21-17)15-5-2-1-3-6-15)22-11-8-14(9-12-22)16-7-4-10-19-16;/h1-3,5-6,13-14,16,19H,4,7-12H2;1H. The summed E-state index contributed by atoms with van der Waals surface area (Å²) >= 11 is 0. The smallest absolute Gasteiger partial charge is 0.276 e. The van der Waals surface area contributed by atoms with Crippen molar-refractivity contribution in [2.75, 3.05) is 19.6 Å². The molecule has 134 valence electrons. The number of hydrogen-bond donors (Lipinski definition) is 1. The molecule has 0 radical (unpaired) electrons. The van der Waals surface area contributed by atoms with E-state index in [1.165, 1.54) is 17.6 Å². The van der Waals surface area contributed by atoms with Gasteiger partial charge in [0.15, 0.2) is 5.69 Å². The molecule has 3 heterocycles. The Morgan fingerprint density at radius 2 is 1.88 bits per heavy atom. The van der Waals surface area contributed by atoms with E-state index in [-0.39, 0.29) is 18.3 Å². The van der Waals surface area contributed by atoms with Crippen molar-refractivity contribution in [3.8, 4) is 5.69 Å². The molecule has 2 aliphatic heterocycles. The summed E-state index contributed by atoms with van der Waals surface area (Å²) in [6.07, 6.45) is 6.29. The summed E-state index contributed by atoms with van der Waals surface area (Å²) < 4.78 is 0. The van der Waals surface area contributed by atoms with Crippen LogP contribution in [0.2, 0.25) is 0 Å². The highest BCUT2D eigenvalue weighted by Crippen LogP contribution is 2.26. The number of rotatable bonds is 3. The molecular formula is C18H24ClN5O. The molecule has 1 amide bonds. The Hall–Kier alpha value is -1.92. The summed E-state index contributed by atoms with van der Waals surface area (Å²) in [6, 6.07) is 10.3. The van der Waals surface area contributed by atoms with Crippen molar-refractivity contribution in [3.63, 3.8) is 0 Å². The molecule has 1 atom stereocenters. The molecule has 0 saturated carbocycles. The Kier molecular flexibility index (Phi) is 5.71. The van der Waals surface area contributed by atoms with E-state index in [0.717, 1.165) is 38.2 Å². The maximum atomic E-state index is 12.7. The third kappa shape index (κ3) is 3.85. The van der Waals surface area contributed by atoms with Gasteiger partial charge in [0, 0.05) is 19.1 Å². The maximum absolute atomic E-state index is 12.7. The third-order valence-corrected chi connectivity index (χ3v) is 5.19. The van der Waals surface area contributed by atoms with E-state index in [2.05, 4.69) is 15.5 Å². The van der Waals surface area contributed by atoms with E-state index in [4.69, 9.17) is 0 Å². The minimum absolute atomic E-state index is 0. The first-order valence-electron chi connectivity index (χ1n) is 8.82. The molecule has 1 aromatic carbocycles. The number of amides is 1. The SMILES string of the molecule is Cl.O=C(c1cnn(-c2ccccc2)n1)N1CCC(C2CCCN2)CC1. The van der Waals surface area contributed by atoms with E-state index < -0.39 is 0 Å². The third-order valence-electron chi connectivity index (χ3n) is 5.19. The number of piperidine rings is 1. The molecule has 2 aliphatic rings. The fraction of sp³-hybridized carbons (Fsp3) is 0.500. The number of nitrogens with zero attached hydrogens (tertiary/aromatic N) is 4. The van der Waals surface area contributed by atoms with Crippen LogP contribution in [0.1, 0.15) is 36.2 Å². The zero-order valence-corrected chi connectivity index (χ0v) is 15.0. The van der Waals surface area contributed by atoms with Gasteiger partial charge in [-0.25, -0.2) is 0 Å². The van der Waals surface area contributed by atoms with Crippen molar-refractivity contribution in [2.45, 2.75) is 31.7 Å². The van der Waals surface area contributed by atoms with E-state index in [9.17, 15) is 4.79 Å². The van der Waals surface area contributed by atoms with E-state index in [1.54, 1.807) is 6.20 Å². The molecule has 4 rings (SSSR count). The van der Waals surface area contributed by atoms with Gasteiger partial charge in [-0.15, -0.1) is 17.5 Å². The topological polar surface area (TPSA) is 63.1 Å². The lowest BCUT2D eigenvalue weighted by Gasteiger charge is -2.34. The molecule has 6 nitrogen and oxygen atoms in total. The Morgan fingerprint density at radius 1 is 1.12 bits per heavy atom. The van der Waals surface area contributed by atoms with Crippen molar-refractivity contribution < 1.29 is 4.79 Å². The average molecular weight is 362 g/mol. The molecule has 2 aromatic rings. The lowest BCUT2D eigenvalue weighted by Crippen LogP contribution is -2.43. The lowest BCUT2D eigenvalue weighted by atomic mass is 9.88. The molecule has 1 N–H and O–H groups in total. The van der Waals surface area contributed by atoms with Crippen molar-refractivity contribution in [3.05, 3.63) is 42.2 Å². The number of para-hydroxylation sites is 1. The van der Waals surface area contributed by atoms with Crippen LogP contribution in [0.25, 0.3) is 5.69 Å². The molecule has 2 saturated heterocycles. The number of hydrogen-bond acceptors (Lipinski definition) is 4. The van der Waals surface area contributed by atoms with Crippen LogP contribution in [0.5, 0.6) is 0 Å². The van der Waals surface area contributed by atoms with Gasteiger partial charge < -0.3 is 10.2 Å². The normalized spacial score (nSPS) is 21.1. The van der Waals surface area contributed by atoms with Crippen LogP contribution in [0, 0.1) is 5.92 Å². The van der Waals surface area contributed by atoms with E-state index >= 15 is 0 Å². The van der Waals surface area contributed by atoms with Crippen molar-refractivity contribution >= 4 is 18.3 Å². The largest absolute Gasteiger partial charge is 0.337 e. The number of carbonyl (C=O) groups is 1. The van der Waals surface area contributed by atoms with Crippen LogP contribution < -0.4 is 5.32 Å². The van der Waals surface area contributed by atoms with Crippen molar-refractivity contribution in [1.29, 1.82) is 0 Å². The predicted octanol–water partition coefficient (Wildman–Crippen LogP) is 2.29. The number of halogens is 1. The Labute approximate surface area is 154 Å². The van der Waals surface area contributed by atoms with Crippen LogP contribution in [0.4, 0.5) is 0 Å². The van der Waals surface area contributed by atoms with Gasteiger partial charge in [-0.3, -0.25) is 4.79 Å². The first kappa shape index (κ1) is 17.9. The minimum Gasteiger partial charge on any atom is -0.337 e. The fourth-order valence-electron chi connectivity index (χ4n) is 3.83. The highest BCUT2D eigenvalue weighted by Gasteiger charge is 2.30. The zero-order valence-electron chi connectivity index (χ0n) is 14.2. The highest BCUT2D eigenvalue weighted by atomic mass is 35.5. The number of aromatic nitrogens is 3. The molecule has 0 aliphatic carbocycles. The predicted molar refractivity (Wildman–Crippen MR) is 98.3 cm³/mol. The Morgan fingerprint density at radius 3 is 2.56 bits per heavy atom. The zero-order chi connectivity index (χ0) is 16.4. The van der Waals surface area contributed by atoms with Crippen molar-refractivity contribution in [1.82, 2.24) is 25.2 Å². The second-order valence-electron chi connectivity index (χ2n) is 6.69. The minimum atomic E-state index is -0.00462. The second kappa shape index (κ2) is 7.97. The Balaban J connectivity index is 0.00000182. The van der Waals surface area contributed by atoms with Crippen LogP contribution in [-0.4, -0.2) is 51.5 Å². The summed E-state index contributed by atoms with van der Waals surface area (Å²) in [4.78, 5) is 16.1. The quantitative estimate of drug-likeness (QED) is 0.911. The fourth-order valence-corrected chi connectivity index (χ4v) is 3.83. The van der Waals surface area contributed by atoms with Gasteiger partial charge in [0.25, 0.3) is 5.91 Å². The molecule has 1 aromatic heterocycles.